The molecule has 0 amide bonds. The molecule has 0 aromatic heterocycles. The molecule has 2 aliphatic carbocycles. The summed E-state index contributed by atoms with van der Waals surface area (Å²) in [5.41, 5.74) is -4.57. The van der Waals surface area contributed by atoms with Crippen LogP contribution in [-0.2, 0) is 0 Å². The van der Waals surface area contributed by atoms with E-state index in [2.05, 4.69) is 0 Å². The maximum Gasteiger partial charge on any atom is 0.426 e. The molecule has 0 aromatic carbocycles. The second kappa shape index (κ2) is 4.27. The van der Waals surface area contributed by atoms with E-state index in [0.717, 1.165) is 6.42 Å². The number of aliphatic hydroxyl groups is 1. The van der Waals surface area contributed by atoms with Gasteiger partial charge >= 0.3 is 12.4 Å². The van der Waals surface area contributed by atoms with Gasteiger partial charge in [0, 0.05) is 0 Å². The fourth-order valence-corrected chi connectivity index (χ4v) is 3.87. The predicted molar refractivity (Wildman–Crippen MR) is 55.2 cm³/mol. The fraction of sp³-hybridized carbons (Fsp3) is 1.00. The van der Waals surface area contributed by atoms with Gasteiger partial charge in [-0.15, -0.1) is 0 Å². The molecule has 112 valence electrons. The Kier molecular flexibility index (Phi) is 3.35. The van der Waals surface area contributed by atoms with Crippen molar-refractivity contribution in [3.63, 3.8) is 0 Å². The van der Waals surface area contributed by atoms with Gasteiger partial charge in [-0.05, 0) is 49.4 Å². The van der Waals surface area contributed by atoms with E-state index in [9.17, 15) is 31.4 Å². The summed E-state index contributed by atoms with van der Waals surface area (Å²) in [6, 6.07) is 0. The number of fused-ring (bicyclic) bond motifs is 2. The van der Waals surface area contributed by atoms with Gasteiger partial charge in [0.15, 0.2) is 0 Å². The Labute approximate surface area is 107 Å². The van der Waals surface area contributed by atoms with Crippen LogP contribution in [0.15, 0.2) is 0 Å². The van der Waals surface area contributed by atoms with Crippen molar-refractivity contribution in [2.75, 3.05) is 0 Å². The lowest BCUT2D eigenvalue weighted by Gasteiger charge is -2.37. The van der Waals surface area contributed by atoms with E-state index >= 15 is 0 Å². The van der Waals surface area contributed by atoms with Crippen LogP contribution < -0.4 is 0 Å². The molecular formula is C12H16F6O. The van der Waals surface area contributed by atoms with Crippen molar-refractivity contribution in [3.8, 4) is 0 Å². The Morgan fingerprint density at radius 3 is 1.84 bits per heavy atom. The highest BCUT2D eigenvalue weighted by Crippen LogP contribution is 2.57. The summed E-state index contributed by atoms with van der Waals surface area (Å²) in [7, 11) is 0. The SMILES string of the molecule is CC1CC2CC1[C@H](CC(O)(C(F)(F)F)C(F)(F)F)C2. The van der Waals surface area contributed by atoms with Gasteiger partial charge in [0.05, 0.1) is 0 Å². The standard InChI is InChI=1S/C12H16F6O/c1-6-2-7-3-8(9(6)4-7)5-10(19,11(13,14)15)12(16,17)18/h6-9,19H,2-5H2,1H3/t6?,7?,8-,9?/m0/s1. The van der Waals surface area contributed by atoms with Crippen molar-refractivity contribution in [2.45, 2.75) is 50.6 Å². The van der Waals surface area contributed by atoms with Gasteiger partial charge in [-0.2, -0.15) is 26.3 Å². The summed E-state index contributed by atoms with van der Waals surface area (Å²) in [5.74, 6) is -0.451. The van der Waals surface area contributed by atoms with Crippen LogP contribution in [0.4, 0.5) is 26.3 Å². The highest BCUT2D eigenvalue weighted by molar-refractivity contribution is 5.01. The zero-order chi connectivity index (χ0) is 14.6. The molecule has 2 aliphatic rings. The normalized spacial score (nSPS) is 36.0. The summed E-state index contributed by atoms with van der Waals surface area (Å²) in [6.07, 6.45) is -10.7. The van der Waals surface area contributed by atoms with E-state index in [1.54, 1.807) is 0 Å². The molecule has 0 aromatic rings. The average Bonchev–Trinajstić information content (AvgIpc) is 2.72. The van der Waals surface area contributed by atoms with Gasteiger partial charge in [0.2, 0.25) is 0 Å². The van der Waals surface area contributed by atoms with Crippen molar-refractivity contribution in [1.29, 1.82) is 0 Å². The van der Waals surface area contributed by atoms with Crippen LogP contribution in [0.1, 0.15) is 32.6 Å². The molecule has 2 fully saturated rings. The Morgan fingerprint density at radius 1 is 0.947 bits per heavy atom. The van der Waals surface area contributed by atoms with Crippen LogP contribution in [0.3, 0.4) is 0 Å². The van der Waals surface area contributed by atoms with Crippen molar-refractivity contribution in [3.05, 3.63) is 0 Å². The lowest BCUT2D eigenvalue weighted by atomic mass is 9.75. The van der Waals surface area contributed by atoms with Crippen molar-refractivity contribution < 1.29 is 31.4 Å². The highest BCUT2D eigenvalue weighted by atomic mass is 19.4. The third-order valence-corrected chi connectivity index (χ3v) is 4.78. The first-order valence-electron chi connectivity index (χ1n) is 6.31. The topological polar surface area (TPSA) is 20.2 Å². The number of hydrogen-bond acceptors (Lipinski definition) is 1. The molecule has 7 heteroatoms. The molecule has 0 spiro atoms. The first kappa shape index (κ1) is 14.9. The lowest BCUT2D eigenvalue weighted by Crippen LogP contribution is -2.58. The third-order valence-electron chi connectivity index (χ3n) is 4.78. The smallest absolute Gasteiger partial charge is 0.374 e. The van der Waals surface area contributed by atoms with E-state index in [1.165, 1.54) is 0 Å². The largest absolute Gasteiger partial charge is 0.426 e. The van der Waals surface area contributed by atoms with Gasteiger partial charge in [-0.25, -0.2) is 0 Å². The monoisotopic (exact) mass is 290 g/mol. The quantitative estimate of drug-likeness (QED) is 0.764. The molecule has 1 N–H and O–H groups in total. The predicted octanol–water partition coefficient (Wildman–Crippen LogP) is 3.91. The first-order chi connectivity index (χ1) is 8.46. The Hall–Kier alpha value is -0.460. The second-order valence-corrected chi connectivity index (χ2v) is 6.03. The second-order valence-electron chi connectivity index (χ2n) is 6.03. The minimum atomic E-state index is -5.68. The van der Waals surface area contributed by atoms with Gasteiger partial charge in [0.25, 0.3) is 5.60 Å². The molecule has 0 saturated heterocycles. The van der Waals surface area contributed by atoms with Crippen LogP contribution in [0, 0.1) is 23.7 Å². The molecule has 4 atom stereocenters. The summed E-state index contributed by atoms with van der Waals surface area (Å²) in [6.45, 7) is 1.86. The molecule has 0 aliphatic heterocycles. The Balaban J connectivity index is 2.19. The molecule has 1 nitrogen and oxygen atoms in total. The maximum atomic E-state index is 12.6. The van der Waals surface area contributed by atoms with Crippen molar-refractivity contribution in [2.24, 2.45) is 23.7 Å². The van der Waals surface area contributed by atoms with E-state index in [4.69, 9.17) is 0 Å². The molecule has 0 heterocycles. The average molecular weight is 290 g/mol. The summed E-state index contributed by atoms with van der Waals surface area (Å²) < 4.78 is 75.7. The van der Waals surface area contributed by atoms with Gasteiger partial charge in [-0.3, -0.25) is 0 Å². The first-order valence-corrected chi connectivity index (χ1v) is 6.31. The molecule has 0 radical (unpaired) electrons. The minimum Gasteiger partial charge on any atom is -0.374 e. The van der Waals surface area contributed by atoms with E-state index in [1.807, 2.05) is 6.92 Å². The molecule has 2 saturated carbocycles. The Bertz CT molecular complexity index is 333. The van der Waals surface area contributed by atoms with Gasteiger partial charge in [0.1, 0.15) is 0 Å². The number of rotatable bonds is 2. The zero-order valence-corrected chi connectivity index (χ0v) is 10.4. The summed E-state index contributed by atoms with van der Waals surface area (Å²) >= 11 is 0. The highest BCUT2D eigenvalue weighted by Gasteiger charge is 2.71. The van der Waals surface area contributed by atoms with E-state index in [-0.39, 0.29) is 17.8 Å². The summed E-state index contributed by atoms with van der Waals surface area (Å²) in [4.78, 5) is 0. The van der Waals surface area contributed by atoms with Crippen LogP contribution in [0.25, 0.3) is 0 Å². The zero-order valence-electron chi connectivity index (χ0n) is 10.4. The van der Waals surface area contributed by atoms with Crippen LogP contribution in [0.5, 0.6) is 0 Å². The van der Waals surface area contributed by atoms with E-state index < -0.39 is 30.3 Å². The molecule has 2 bridgehead atoms. The molecule has 2 rings (SSSR count). The number of alkyl halides is 6. The minimum absolute atomic E-state index is 0.124. The third kappa shape index (κ3) is 2.34. The van der Waals surface area contributed by atoms with Gasteiger partial charge < -0.3 is 5.11 Å². The molecule has 19 heavy (non-hydrogen) atoms. The van der Waals surface area contributed by atoms with Crippen molar-refractivity contribution >= 4 is 0 Å². The molecule has 3 unspecified atom stereocenters. The van der Waals surface area contributed by atoms with Crippen LogP contribution in [0.2, 0.25) is 0 Å². The van der Waals surface area contributed by atoms with Gasteiger partial charge in [-0.1, -0.05) is 6.92 Å². The molecular weight excluding hydrogens is 274 g/mol. The van der Waals surface area contributed by atoms with Crippen LogP contribution in [-0.4, -0.2) is 23.1 Å². The van der Waals surface area contributed by atoms with Crippen molar-refractivity contribution in [1.82, 2.24) is 0 Å². The summed E-state index contributed by atoms with van der Waals surface area (Å²) in [5, 5.41) is 9.21. The fourth-order valence-electron chi connectivity index (χ4n) is 3.87. The number of hydrogen-bond donors (Lipinski definition) is 1. The maximum absolute atomic E-state index is 12.6. The Morgan fingerprint density at radius 2 is 1.47 bits per heavy atom. The lowest BCUT2D eigenvalue weighted by molar-refractivity contribution is -0.373. The van der Waals surface area contributed by atoms with Crippen LogP contribution >= 0.6 is 0 Å². The number of halogens is 6. The van der Waals surface area contributed by atoms with E-state index in [0.29, 0.717) is 12.8 Å².